The molecule has 0 atom stereocenters. The lowest BCUT2D eigenvalue weighted by Crippen LogP contribution is -2.40. The molecule has 0 aliphatic rings. The normalized spacial score (nSPS) is 10.8. The van der Waals surface area contributed by atoms with Crippen LogP contribution >= 0.6 is 6.89 Å². The van der Waals surface area contributed by atoms with Crippen molar-refractivity contribution in [3.63, 3.8) is 0 Å². The summed E-state index contributed by atoms with van der Waals surface area (Å²) < 4.78 is 5.03. The van der Waals surface area contributed by atoms with Crippen molar-refractivity contribution in [2.45, 2.75) is 6.92 Å². The maximum absolute atomic E-state index is 13.2. The molecule has 0 amide bonds. The second-order valence-electron chi connectivity index (χ2n) is 6.40. The number of Topliss-reactive ketones (excluding diaryl/α,β-unsaturated/α-hetero) is 2. The van der Waals surface area contributed by atoms with Crippen LogP contribution in [0.25, 0.3) is 0 Å². The Labute approximate surface area is 170 Å². The first kappa shape index (κ1) is 20.5. The van der Waals surface area contributed by atoms with Crippen LogP contribution in [0.4, 0.5) is 0 Å². The van der Waals surface area contributed by atoms with Crippen molar-refractivity contribution in [2.24, 2.45) is 0 Å². The van der Waals surface area contributed by atoms with E-state index in [0.29, 0.717) is 0 Å². The summed E-state index contributed by atoms with van der Waals surface area (Å²) in [6.45, 7) is -1.79. The highest BCUT2D eigenvalue weighted by molar-refractivity contribution is 7.98. The molecule has 0 bridgehead atoms. The van der Waals surface area contributed by atoms with E-state index < -0.39 is 24.4 Å². The topological polar surface area (TPSA) is 60.4 Å². The third kappa shape index (κ3) is 3.72. The Hall–Kier alpha value is -3.23. The van der Waals surface area contributed by atoms with Crippen LogP contribution in [-0.2, 0) is 19.1 Å². The first-order valence-corrected chi connectivity index (χ1v) is 10.9. The van der Waals surface area contributed by atoms with Crippen LogP contribution in [0, 0.1) is 0 Å². The molecule has 0 heterocycles. The van der Waals surface area contributed by atoms with Gasteiger partial charge in [0.05, 0.1) is 7.11 Å². The Morgan fingerprint density at radius 3 is 1.28 bits per heavy atom. The molecule has 4 nitrogen and oxygen atoms in total. The number of methoxy groups -OCH3 is 1. The van der Waals surface area contributed by atoms with Gasteiger partial charge in [0, 0.05) is 6.92 Å². The van der Waals surface area contributed by atoms with Gasteiger partial charge in [0.2, 0.25) is 11.6 Å². The minimum absolute atomic E-state index is 0.115. The lowest BCUT2D eigenvalue weighted by Gasteiger charge is -2.31. The van der Waals surface area contributed by atoms with Crippen LogP contribution in [0.2, 0.25) is 0 Å². The molecular weight excluding hydrogens is 383 g/mol. The Bertz CT molecular complexity index is 984. The number of ketones is 2. The molecular formula is C24H21O4P. The zero-order valence-electron chi connectivity index (χ0n) is 16.2. The van der Waals surface area contributed by atoms with Gasteiger partial charge in [0.15, 0.2) is 0 Å². The van der Waals surface area contributed by atoms with Gasteiger partial charge in [-0.05, 0) is 22.8 Å². The Balaban J connectivity index is 2.67. The van der Waals surface area contributed by atoms with Crippen molar-refractivity contribution in [1.29, 1.82) is 0 Å². The van der Waals surface area contributed by atoms with Gasteiger partial charge in [-0.3, -0.25) is 9.59 Å². The Morgan fingerprint density at radius 1 is 0.655 bits per heavy atom. The van der Waals surface area contributed by atoms with E-state index in [9.17, 15) is 14.4 Å². The van der Waals surface area contributed by atoms with Gasteiger partial charge in [-0.2, -0.15) is 0 Å². The number of benzene rings is 3. The van der Waals surface area contributed by atoms with Crippen molar-refractivity contribution in [3.05, 3.63) is 91.0 Å². The average Bonchev–Trinajstić information content (AvgIpc) is 2.78. The van der Waals surface area contributed by atoms with Gasteiger partial charge in [-0.1, -0.05) is 91.0 Å². The molecule has 3 aromatic rings. The van der Waals surface area contributed by atoms with Gasteiger partial charge in [-0.25, -0.2) is 4.79 Å². The van der Waals surface area contributed by atoms with Gasteiger partial charge < -0.3 is 4.74 Å². The molecule has 0 aromatic heterocycles. The van der Waals surface area contributed by atoms with Gasteiger partial charge in [0.1, 0.15) is 5.29 Å². The summed E-state index contributed by atoms with van der Waals surface area (Å²) in [5, 5.41) is 2.28. The predicted octanol–water partition coefficient (Wildman–Crippen LogP) is 2.48. The van der Waals surface area contributed by atoms with E-state index in [4.69, 9.17) is 4.74 Å². The van der Waals surface area contributed by atoms with Crippen molar-refractivity contribution in [2.75, 3.05) is 7.11 Å². The van der Waals surface area contributed by atoms with Crippen LogP contribution in [0.15, 0.2) is 91.0 Å². The van der Waals surface area contributed by atoms with E-state index in [1.807, 2.05) is 91.0 Å². The Kier molecular flexibility index (Phi) is 6.26. The summed E-state index contributed by atoms with van der Waals surface area (Å²) >= 11 is 0. The standard InChI is InChI=1S/C24H21O4P/c1-18(25)22(26)23(24(27)28-2)29(19-12-6-3-7-13-19,20-14-8-4-9-15-20)21-16-10-5-11-17-21/h3-17H,1-2H3. The summed E-state index contributed by atoms with van der Waals surface area (Å²) in [4.78, 5) is 38.4. The second-order valence-corrected chi connectivity index (χ2v) is 9.74. The summed E-state index contributed by atoms with van der Waals surface area (Å²) in [6, 6.07) is 28.2. The van der Waals surface area contributed by atoms with Gasteiger partial charge in [-0.15, -0.1) is 0 Å². The number of ether oxygens (including phenoxy) is 1. The summed E-state index contributed by atoms with van der Waals surface area (Å²) in [7, 11) is 1.23. The number of hydrogen-bond donors (Lipinski definition) is 0. The minimum Gasteiger partial charge on any atom is -0.465 e. The van der Waals surface area contributed by atoms with E-state index in [2.05, 4.69) is 0 Å². The molecule has 0 radical (unpaired) electrons. The second kappa shape index (κ2) is 8.85. The third-order valence-corrected chi connectivity index (χ3v) is 8.95. The maximum Gasteiger partial charge on any atom is 0.343 e. The lowest BCUT2D eigenvalue weighted by molar-refractivity contribution is -0.136. The number of rotatable bonds is 6. The first-order chi connectivity index (χ1) is 14.0. The van der Waals surface area contributed by atoms with Crippen LogP contribution in [0.5, 0.6) is 0 Å². The van der Waals surface area contributed by atoms with Crippen molar-refractivity contribution in [3.8, 4) is 0 Å². The fourth-order valence-corrected chi connectivity index (χ4v) is 7.79. The van der Waals surface area contributed by atoms with Crippen LogP contribution < -0.4 is 15.9 Å². The number of carbonyl (C=O) groups is 3. The summed E-state index contributed by atoms with van der Waals surface area (Å²) in [5.74, 6) is -2.30. The average molecular weight is 404 g/mol. The van der Waals surface area contributed by atoms with Crippen LogP contribution in [-0.4, -0.2) is 29.9 Å². The monoisotopic (exact) mass is 404 g/mol. The minimum atomic E-state index is -2.97. The van der Waals surface area contributed by atoms with E-state index in [1.165, 1.54) is 14.0 Å². The van der Waals surface area contributed by atoms with Crippen molar-refractivity contribution >= 4 is 45.6 Å². The maximum atomic E-state index is 13.2. The highest BCUT2D eigenvalue weighted by atomic mass is 31.2. The number of carbonyl (C=O) groups excluding carboxylic acids is 3. The van der Waals surface area contributed by atoms with E-state index in [1.54, 1.807) is 0 Å². The molecule has 0 saturated heterocycles. The fraction of sp³-hybridized carbons (Fsp3) is 0.0833. The van der Waals surface area contributed by atoms with E-state index >= 15 is 0 Å². The summed E-state index contributed by atoms with van der Waals surface area (Å²) in [5.41, 5.74) is 0. The van der Waals surface area contributed by atoms with E-state index in [-0.39, 0.29) is 5.29 Å². The highest BCUT2D eigenvalue weighted by Crippen LogP contribution is 2.46. The first-order valence-electron chi connectivity index (χ1n) is 9.10. The largest absolute Gasteiger partial charge is 0.465 e. The Morgan fingerprint density at radius 2 is 1.00 bits per heavy atom. The highest BCUT2D eigenvalue weighted by Gasteiger charge is 2.38. The molecule has 3 rings (SSSR count). The van der Waals surface area contributed by atoms with Crippen molar-refractivity contribution < 1.29 is 19.1 Å². The SMILES string of the molecule is COC(=O)C(C(=O)C(C)=O)=P(c1ccccc1)(c1ccccc1)c1ccccc1. The number of hydrogen-bond acceptors (Lipinski definition) is 4. The third-order valence-electron chi connectivity index (χ3n) is 4.68. The van der Waals surface area contributed by atoms with Gasteiger partial charge in [0.25, 0.3) is 0 Å². The summed E-state index contributed by atoms with van der Waals surface area (Å²) in [6.07, 6.45) is 0. The van der Waals surface area contributed by atoms with Gasteiger partial charge >= 0.3 is 5.97 Å². The van der Waals surface area contributed by atoms with Crippen LogP contribution in [0.1, 0.15) is 6.92 Å². The quantitative estimate of drug-likeness (QED) is 0.274. The molecule has 0 unspecified atom stereocenters. The van der Waals surface area contributed by atoms with E-state index in [0.717, 1.165) is 15.9 Å². The number of esters is 1. The zero-order valence-corrected chi connectivity index (χ0v) is 17.1. The lowest BCUT2D eigenvalue weighted by atomic mass is 10.2. The van der Waals surface area contributed by atoms with Crippen molar-refractivity contribution in [1.82, 2.24) is 0 Å². The molecule has 0 N–H and O–H groups in total. The molecule has 5 heteroatoms. The van der Waals surface area contributed by atoms with Crippen LogP contribution in [0.3, 0.4) is 0 Å². The molecule has 0 fully saturated rings. The molecule has 29 heavy (non-hydrogen) atoms. The predicted molar refractivity (Wildman–Crippen MR) is 118 cm³/mol. The fourth-order valence-electron chi connectivity index (χ4n) is 3.43. The molecule has 0 aliphatic carbocycles. The molecule has 0 aliphatic heterocycles. The smallest absolute Gasteiger partial charge is 0.343 e. The molecule has 3 aromatic carbocycles. The molecule has 146 valence electrons. The zero-order chi connectivity index (χ0) is 20.9. The molecule has 0 saturated carbocycles. The molecule has 0 spiro atoms.